The van der Waals surface area contributed by atoms with Crippen LogP contribution >= 0.6 is 0 Å². The van der Waals surface area contributed by atoms with Crippen molar-refractivity contribution in [2.45, 2.75) is 26.2 Å². The molecule has 3 aliphatic rings. The molecule has 3 rings (SSSR count). The van der Waals surface area contributed by atoms with Gasteiger partial charge in [-0.25, -0.2) is 0 Å². The first kappa shape index (κ1) is 8.25. The van der Waals surface area contributed by atoms with Crippen LogP contribution in [0.1, 0.15) is 26.2 Å². The summed E-state index contributed by atoms with van der Waals surface area (Å²) in [6.07, 6.45) is 4.12. The van der Waals surface area contributed by atoms with Gasteiger partial charge in [-0.05, 0) is 30.6 Å². The maximum atomic E-state index is 9.27. The van der Waals surface area contributed by atoms with Crippen molar-refractivity contribution < 1.29 is 5.11 Å². The summed E-state index contributed by atoms with van der Waals surface area (Å²) >= 11 is 0. The number of fused-ring (bicyclic) bond motifs is 1. The van der Waals surface area contributed by atoms with Crippen molar-refractivity contribution in [3.63, 3.8) is 0 Å². The van der Waals surface area contributed by atoms with E-state index in [4.69, 9.17) is 0 Å². The predicted octanol–water partition coefficient (Wildman–Crippen LogP) is 1.10. The monoisotopic (exact) mass is 181 g/mol. The van der Waals surface area contributed by atoms with Gasteiger partial charge in [0.1, 0.15) is 0 Å². The largest absolute Gasteiger partial charge is 0.396 e. The molecule has 0 amide bonds. The van der Waals surface area contributed by atoms with Crippen molar-refractivity contribution in [3.8, 4) is 0 Å². The van der Waals surface area contributed by atoms with Crippen LogP contribution in [-0.2, 0) is 0 Å². The molecule has 3 fully saturated rings. The van der Waals surface area contributed by atoms with Crippen molar-refractivity contribution in [2.24, 2.45) is 16.7 Å². The van der Waals surface area contributed by atoms with Crippen LogP contribution in [0.3, 0.4) is 0 Å². The molecular formula is C11H19NO. The highest BCUT2D eigenvalue weighted by molar-refractivity contribution is 5.11. The van der Waals surface area contributed by atoms with Crippen LogP contribution in [-0.4, -0.2) is 36.2 Å². The van der Waals surface area contributed by atoms with Crippen molar-refractivity contribution >= 4 is 0 Å². The summed E-state index contributed by atoms with van der Waals surface area (Å²) in [6, 6.07) is 0. The molecule has 0 aromatic carbocycles. The molecule has 0 aromatic rings. The Labute approximate surface area is 79.9 Å². The van der Waals surface area contributed by atoms with Gasteiger partial charge in [0.2, 0.25) is 0 Å². The highest BCUT2D eigenvalue weighted by Gasteiger charge is 2.60. The van der Waals surface area contributed by atoms with E-state index in [9.17, 15) is 5.11 Å². The maximum Gasteiger partial charge on any atom is 0.0502 e. The maximum absolute atomic E-state index is 9.27. The number of aliphatic hydroxyl groups is 1. The van der Waals surface area contributed by atoms with E-state index in [1.54, 1.807) is 0 Å². The highest BCUT2D eigenvalue weighted by Crippen LogP contribution is 2.58. The summed E-state index contributed by atoms with van der Waals surface area (Å²) in [5.41, 5.74) is 0.999. The van der Waals surface area contributed by atoms with Gasteiger partial charge in [-0.1, -0.05) is 6.92 Å². The van der Waals surface area contributed by atoms with Crippen molar-refractivity contribution in [3.05, 3.63) is 0 Å². The normalized spacial score (nSPS) is 46.2. The van der Waals surface area contributed by atoms with E-state index in [2.05, 4.69) is 11.8 Å². The summed E-state index contributed by atoms with van der Waals surface area (Å²) in [6.45, 7) is 6.53. The lowest BCUT2D eigenvalue weighted by Crippen LogP contribution is -2.31. The average molecular weight is 181 g/mol. The number of hydrogen-bond acceptors (Lipinski definition) is 2. The molecule has 2 nitrogen and oxygen atoms in total. The quantitative estimate of drug-likeness (QED) is 0.705. The zero-order valence-corrected chi connectivity index (χ0v) is 8.42. The Kier molecular flexibility index (Phi) is 1.45. The Morgan fingerprint density at radius 1 is 1.46 bits per heavy atom. The molecule has 2 atom stereocenters. The Hall–Kier alpha value is -0.0800. The molecule has 2 heteroatoms. The minimum atomic E-state index is 0.352. The van der Waals surface area contributed by atoms with Gasteiger partial charge < -0.3 is 10.0 Å². The molecule has 0 aromatic heterocycles. The van der Waals surface area contributed by atoms with Crippen LogP contribution in [0, 0.1) is 16.7 Å². The van der Waals surface area contributed by atoms with Gasteiger partial charge in [0, 0.05) is 25.0 Å². The molecule has 1 N–H and O–H groups in total. The smallest absolute Gasteiger partial charge is 0.0502 e. The molecule has 2 unspecified atom stereocenters. The van der Waals surface area contributed by atoms with E-state index in [0.29, 0.717) is 17.4 Å². The second-order valence-corrected chi connectivity index (χ2v) is 5.90. The van der Waals surface area contributed by atoms with Gasteiger partial charge in [0.15, 0.2) is 0 Å². The number of piperidine rings is 1. The van der Waals surface area contributed by atoms with E-state index in [1.165, 1.54) is 38.9 Å². The zero-order valence-electron chi connectivity index (χ0n) is 8.42. The first-order valence-electron chi connectivity index (χ1n) is 5.49. The van der Waals surface area contributed by atoms with Crippen LogP contribution in [0.15, 0.2) is 0 Å². The van der Waals surface area contributed by atoms with Crippen LogP contribution in [0.5, 0.6) is 0 Å². The summed E-state index contributed by atoms with van der Waals surface area (Å²) < 4.78 is 0. The molecule has 0 radical (unpaired) electrons. The van der Waals surface area contributed by atoms with Crippen molar-refractivity contribution in [1.29, 1.82) is 0 Å². The predicted molar refractivity (Wildman–Crippen MR) is 51.4 cm³/mol. The Balaban J connectivity index is 1.59. The number of likely N-dealkylation sites (tertiary alicyclic amines) is 1. The van der Waals surface area contributed by atoms with Crippen LogP contribution in [0.25, 0.3) is 0 Å². The van der Waals surface area contributed by atoms with Crippen LogP contribution in [0.2, 0.25) is 0 Å². The topological polar surface area (TPSA) is 23.5 Å². The first-order chi connectivity index (χ1) is 6.16. The van der Waals surface area contributed by atoms with Crippen LogP contribution < -0.4 is 0 Å². The van der Waals surface area contributed by atoms with Gasteiger partial charge in [0.05, 0.1) is 6.61 Å². The molecule has 74 valence electrons. The average Bonchev–Trinajstić information content (AvgIpc) is 2.94. The second kappa shape index (κ2) is 2.29. The van der Waals surface area contributed by atoms with E-state index in [1.807, 2.05) is 0 Å². The molecule has 0 spiro atoms. The lowest BCUT2D eigenvalue weighted by atomic mass is 10.1. The summed E-state index contributed by atoms with van der Waals surface area (Å²) in [5, 5.41) is 9.27. The van der Waals surface area contributed by atoms with Gasteiger partial charge in [-0.2, -0.15) is 0 Å². The van der Waals surface area contributed by atoms with Gasteiger partial charge in [-0.15, -0.1) is 0 Å². The standard InChI is InChI=1S/C11H19NO/c1-10(2-3-10)6-12-5-9-4-11(9,7-12)8-13/h9,13H,2-8H2,1H3. The number of hydrogen-bond donors (Lipinski definition) is 1. The Morgan fingerprint density at radius 3 is 2.77 bits per heavy atom. The van der Waals surface area contributed by atoms with E-state index in [0.717, 1.165) is 5.92 Å². The molecule has 1 heterocycles. The third kappa shape index (κ3) is 1.23. The number of nitrogens with zero attached hydrogens (tertiary/aromatic N) is 1. The molecule has 2 saturated carbocycles. The molecule has 1 saturated heterocycles. The minimum absolute atomic E-state index is 0.352. The van der Waals surface area contributed by atoms with E-state index >= 15 is 0 Å². The summed E-state index contributed by atoms with van der Waals surface area (Å²) in [5.74, 6) is 0.833. The lowest BCUT2D eigenvalue weighted by molar-refractivity contribution is 0.175. The minimum Gasteiger partial charge on any atom is -0.396 e. The van der Waals surface area contributed by atoms with Crippen molar-refractivity contribution in [2.75, 3.05) is 26.2 Å². The number of aliphatic hydroxyl groups excluding tert-OH is 1. The van der Waals surface area contributed by atoms with E-state index < -0.39 is 0 Å². The molecule has 2 aliphatic carbocycles. The zero-order chi connectivity index (χ0) is 9.10. The van der Waals surface area contributed by atoms with Gasteiger partial charge >= 0.3 is 0 Å². The summed E-state index contributed by atoms with van der Waals surface area (Å²) in [4.78, 5) is 2.58. The van der Waals surface area contributed by atoms with E-state index in [-0.39, 0.29) is 0 Å². The fourth-order valence-corrected chi connectivity index (χ4v) is 2.98. The summed E-state index contributed by atoms with van der Waals surface area (Å²) in [7, 11) is 0. The molecule has 13 heavy (non-hydrogen) atoms. The SMILES string of the molecule is CC1(CN2CC3CC3(CO)C2)CC1. The second-order valence-electron chi connectivity index (χ2n) is 5.90. The van der Waals surface area contributed by atoms with Crippen molar-refractivity contribution in [1.82, 2.24) is 4.90 Å². The Morgan fingerprint density at radius 2 is 2.23 bits per heavy atom. The highest BCUT2D eigenvalue weighted by atomic mass is 16.3. The van der Waals surface area contributed by atoms with Gasteiger partial charge in [-0.3, -0.25) is 0 Å². The van der Waals surface area contributed by atoms with Gasteiger partial charge in [0.25, 0.3) is 0 Å². The molecular weight excluding hydrogens is 162 g/mol. The molecule has 1 aliphatic heterocycles. The first-order valence-corrected chi connectivity index (χ1v) is 5.49. The fourth-order valence-electron chi connectivity index (χ4n) is 2.98. The molecule has 0 bridgehead atoms. The Bertz CT molecular complexity index is 232. The lowest BCUT2D eigenvalue weighted by Gasteiger charge is -2.23. The third-order valence-corrected chi connectivity index (χ3v) is 4.40. The van der Waals surface area contributed by atoms with Crippen LogP contribution in [0.4, 0.5) is 0 Å². The number of rotatable bonds is 3. The fraction of sp³-hybridized carbons (Fsp3) is 1.00. The third-order valence-electron chi connectivity index (χ3n) is 4.40.